The maximum absolute atomic E-state index is 12.7. The summed E-state index contributed by atoms with van der Waals surface area (Å²) in [5.41, 5.74) is 8.85. The molecule has 0 unspecified atom stereocenters. The maximum atomic E-state index is 12.7. The minimum absolute atomic E-state index is 0.258. The predicted octanol–water partition coefficient (Wildman–Crippen LogP) is 2.80. The van der Waals surface area contributed by atoms with E-state index in [9.17, 15) is 9.59 Å². The Labute approximate surface area is 139 Å². The normalized spacial score (nSPS) is 10.8. The number of hydrogen-bond donors (Lipinski definition) is 2. The van der Waals surface area contributed by atoms with Crippen LogP contribution < -0.4 is 11.1 Å². The Balaban J connectivity index is 2.42. The number of aryl methyl sites for hydroxylation is 3. The van der Waals surface area contributed by atoms with E-state index >= 15 is 0 Å². The van der Waals surface area contributed by atoms with Crippen LogP contribution in [-0.2, 0) is 13.0 Å². The highest BCUT2D eigenvalue weighted by molar-refractivity contribution is 7.16. The number of rotatable bonds is 5. The van der Waals surface area contributed by atoms with E-state index in [2.05, 4.69) is 10.4 Å². The standard InChI is InChI=1S/C16H22N4O2S/c1-6-11-10(5)23-16(13(11)14(17)21)18-15(22)12-8(3)19-20(7-2)9(12)4/h6-7H2,1-5H3,(H2,17,21)(H,18,22). The van der Waals surface area contributed by atoms with E-state index in [1.165, 1.54) is 11.3 Å². The fraction of sp³-hybridized carbons (Fsp3) is 0.438. The van der Waals surface area contributed by atoms with Gasteiger partial charge in [-0.15, -0.1) is 11.3 Å². The molecule has 2 heterocycles. The molecule has 7 heteroatoms. The molecule has 0 aliphatic carbocycles. The van der Waals surface area contributed by atoms with Gasteiger partial charge in [0.05, 0.1) is 16.8 Å². The summed E-state index contributed by atoms with van der Waals surface area (Å²) >= 11 is 1.38. The average Bonchev–Trinajstić information content (AvgIpc) is 2.94. The van der Waals surface area contributed by atoms with Gasteiger partial charge in [0.15, 0.2) is 0 Å². The molecule has 23 heavy (non-hydrogen) atoms. The fourth-order valence-corrected chi connectivity index (χ4v) is 4.00. The van der Waals surface area contributed by atoms with Crippen LogP contribution >= 0.6 is 11.3 Å². The summed E-state index contributed by atoms with van der Waals surface area (Å²) in [6.45, 7) is 10.2. The Morgan fingerprint density at radius 2 is 1.87 bits per heavy atom. The molecule has 0 aliphatic heterocycles. The highest BCUT2D eigenvalue weighted by atomic mass is 32.1. The molecule has 2 aromatic rings. The van der Waals surface area contributed by atoms with Crippen LogP contribution in [0.5, 0.6) is 0 Å². The van der Waals surface area contributed by atoms with Crippen molar-refractivity contribution in [1.82, 2.24) is 9.78 Å². The number of aromatic nitrogens is 2. The van der Waals surface area contributed by atoms with Crippen LogP contribution in [0.3, 0.4) is 0 Å². The summed E-state index contributed by atoms with van der Waals surface area (Å²) in [6.07, 6.45) is 0.697. The molecule has 2 amide bonds. The van der Waals surface area contributed by atoms with Gasteiger partial charge >= 0.3 is 0 Å². The average molecular weight is 334 g/mol. The molecule has 2 aromatic heterocycles. The van der Waals surface area contributed by atoms with Crippen LogP contribution in [0.1, 0.15) is 56.4 Å². The Bertz CT molecular complexity index is 774. The van der Waals surface area contributed by atoms with Crippen molar-refractivity contribution in [3.8, 4) is 0 Å². The zero-order valence-electron chi connectivity index (χ0n) is 14.1. The SMILES string of the molecule is CCc1c(C)sc(NC(=O)c2c(C)nn(CC)c2C)c1C(N)=O. The number of carbonyl (C=O) groups excluding carboxylic acids is 2. The zero-order valence-corrected chi connectivity index (χ0v) is 14.9. The second-order valence-electron chi connectivity index (χ2n) is 5.37. The molecule has 0 spiro atoms. The van der Waals surface area contributed by atoms with Gasteiger partial charge < -0.3 is 11.1 Å². The lowest BCUT2D eigenvalue weighted by Gasteiger charge is -2.06. The molecule has 0 aromatic carbocycles. The van der Waals surface area contributed by atoms with Crippen molar-refractivity contribution in [2.24, 2.45) is 5.73 Å². The van der Waals surface area contributed by atoms with Crippen LogP contribution in [0.4, 0.5) is 5.00 Å². The van der Waals surface area contributed by atoms with Gasteiger partial charge in [0.25, 0.3) is 11.8 Å². The predicted molar refractivity (Wildman–Crippen MR) is 92.3 cm³/mol. The highest BCUT2D eigenvalue weighted by Gasteiger charge is 2.23. The number of thiophene rings is 1. The fourth-order valence-electron chi connectivity index (χ4n) is 2.85. The zero-order chi connectivity index (χ0) is 17.3. The summed E-state index contributed by atoms with van der Waals surface area (Å²) in [5, 5.41) is 7.72. The first-order valence-corrected chi connectivity index (χ1v) is 8.40. The first-order valence-electron chi connectivity index (χ1n) is 7.59. The topological polar surface area (TPSA) is 90.0 Å². The molecule has 0 saturated carbocycles. The third-order valence-corrected chi connectivity index (χ3v) is 5.01. The minimum atomic E-state index is -0.515. The van der Waals surface area contributed by atoms with Crippen LogP contribution in [0.2, 0.25) is 0 Å². The van der Waals surface area contributed by atoms with Gasteiger partial charge in [-0.05, 0) is 39.7 Å². The van der Waals surface area contributed by atoms with Gasteiger partial charge in [-0.2, -0.15) is 5.10 Å². The molecule has 3 N–H and O–H groups in total. The number of carbonyl (C=O) groups is 2. The number of nitrogens with zero attached hydrogens (tertiary/aromatic N) is 2. The highest BCUT2D eigenvalue weighted by Crippen LogP contribution is 2.33. The van der Waals surface area contributed by atoms with E-state index in [1.807, 2.05) is 27.7 Å². The first kappa shape index (κ1) is 17.2. The van der Waals surface area contributed by atoms with Crippen molar-refractivity contribution in [1.29, 1.82) is 0 Å². The quantitative estimate of drug-likeness (QED) is 0.881. The monoisotopic (exact) mass is 334 g/mol. The lowest BCUT2D eigenvalue weighted by molar-refractivity contribution is 0.100. The summed E-state index contributed by atoms with van der Waals surface area (Å²) in [6, 6.07) is 0. The Morgan fingerprint density at radius 3 is 2.35 bits per heavy atom. The molecule has 2 rings (SSSR count). The van der Waals surface area contributed by atoms with Crippen molar-refractivity contribution >= 4 is 28.2 Å². The summed E-state index contributed by atoms with van der Waals surface area (Å²) in [7, 11) is 0. The summed E-state index contributed by atoms with van der Waals surface area (Å²) in [4.78, 5) is 25.4. The van der Waals surface area contributed by atoms with Crippen LogP contribution in [0, 0.1) is 20.8 Å². The smallest absolute Gasteiger partial charge is 0.260 e. The summed E-state index contributed by atoms with van der Waals surface area (Å²) < 4.78 is 1.79. The van der Waals surface area contributed by atoms with E-state index in [0.29, 0.717) is 34.8 Å². The molecule has 0 atom stereocenters. The number of primary amides is 1. The van der Waals surface area contributed by atoms with Crippen molar-refractivity contribution in [2.45, 2.75) is 47.6 Å². The Morgan fingerprint density at radius 1 is 1.22 bits per heavy atom. The van der Waals surface area contributed by atoms with Crippen molar-refractivity contribution in [2.75, 3.05) is 5.32 Å². The van der Waals surface area contributed by atoms with E-state index in [4.69, 9.17) is 5.73 Å². The number of nitrogens with one attached hydrogen (secondary N) is 1. The molecule has 124 valence electrons. The number of anilines is 1. The van der Waals surface area contributed by atoms with Gasteiger partial charge in [-0.1, -0.05) is 6.92 Å². The third-order valence-electron chi connectivity index (χ3n) is 3.94. The number of hydrogen-bond acceptors (Lipinski definition) is 4. The Hall–Kier alpha value is -2.15. The first-order chi connectivity index (χ1) is 10.8. The van der Waals surface area contributed by atoms with E-state index in [1.54, 1.807) is 11.6 Å². The van der Waals surface area contributed by atoms with Crippen molar-refractivity contribution in [3.63, 3.8) is 0 Å². The molecular formula is C16H22N4O2S. The lowest BCUT2D eigenvalue weighted by atomic mass is 10.1. The van der Waals surface area contributed by atoms with Crippen LogP contribution in [-0.4, -0.2) is 21.6 Å². The van der Waals surface area contributed by atoms with Crippen molar-refractivity contribution < 1.29 is 9.59 Å². The second-order valence-corrected chi connectivity index (χ2v) is 6.60. The van der Waals surface area contributed by atoms with Crippen molar-refractivity contribution in [3.05, 3.63) is 33.0 Å². The number of amides is 2. The molecule has 0 fully saturated rings. The van der Waals surface area contributed by atoms with E-state index in [0.717, 1.165) is 16.1 Å². The van der Waals surface area contributed by atoms with Crippen LogP contribution in [0.15, 0.2) is 0 Å². The van der Waals surface area contributed by atoms with Gasteiger partial charge in [0, 0.05) is 17.1 Å². The van der Waals surface area contributed by atoms with E-state index < -0.39 is 5.91 Å². The van der Waals surface area contributed by atoms with E-state index in [-0.39, 0.29) is 5.91 Å². The second kappa shape index (κ2) is 6.54. The van der Waals surface area contributed by atoms with Gasteiger partial charge in [0.1, 0.15) is 5.00 Å². The largest absolute Gasteiger partial charge is 0.365 e. The molecule has 0 bridgehead atoms. The molecular weight excluding hydrogens is 312 g/mol. The molecule has 0 saturated heterocycles. The Kier molecular flexibility index (Phi) is 4.89. The van der Waals surface area contributed by atoms with Gasteiger partial charge in [-0.3, -0.25) is 14.3 Å². The molecule has 0 aliphatic rings. The van der Waals surface area contributed by atoms with Crippen LogP contribution in [0.25, 0.3) is 0 Å². The van der Waals surface area contributed by atoms with Gasteiger partial charge in [-0.25, -0.2) is 0 Å². The molecule has 6 nitrogen and oxygen atoms in total. The maximum Gasteiger partial charge on any atom is 0.260 e. The summed E-state index contributed by atoms with van der Waals surface area (Å²) in [5.74, 6) is -0.773. The number of nitrogens with two attached hydrogens (primary N) is 1. The third kappa shape index (κ3) is 3.01. The minimum Gasteiger partial charge on any atom is -0.365 e. The lowest BCUT2D eigenvalue weighted by Crippen LogP contribution is -2.18. The van der Waals surface area contributed by atoms with Gasteiger partial charge in [0.2, 0.25) is 0 Å². The molecule has 0 radical (unpaired) electrons.